The van der Waals surface area contributed by atoms with Crippen molar-refractivity contribution in [2.24, 2.45) is 0 Å². The summed E-state index contributed by atoms with van der Waals surface area (Å²) in [6.07, 6.45) is 0. The molecule has 22 heavy (non-hydrogen) atoms. The van der Waals surface area contributed by atoms with Crippen molar-refractivity contribution in [2.75, 3.05) is 20.3 Å². The minimum Gasteiger partial charge on any atom is -0.383 e. The normalized spacial score (nSPS) is 10.7. The van der Waals surface area contributed by atoms with E-state index >= 15 is 0 Å². The van der Waals surface area contributed by atoms with Crippen molar-refractivity contribution in [1.82, 2.24) is 14.5 Å². The van der Waals surface area contributed by atoms with E-state index in [2.05, 4.69) is 9.59 Å². The highest BCUT2D eigenvalue weighted by Gasteiger charge is 2.21. The first kappa shape index (κ1) is 16.8. The summed E-state index contributed by atoms with van der Waals surface area (Å²) in [7, 11) is 1.56. The smallest absolute Gasteiger partial charge is 0.267 e. The molecule has 0 aliphatic rings. The van der Waals surface area contributed by atoms with E-state index in [4.69, 9.17) is 16.3 Å². The summed E-state index contributed by atoms with van der Waals surface area (Å²) in [4.78, 5) is 14.7. The Hall–Kier alpha value is -1.57. The van der Waals surface area contributed by atoms with Crippen molar-refractivity contribution >= 4 is 29.0 Å². The molecule has 2 aromatic rings. The summed E-state index contributed by atoms with van der Waals surface area (Å²) in [6, 6.07) is 4.12. The topological polar surface area (TPSA) is 55.3 Å². The second-order valence-electron chi connectivity index (χ2n) is 4.64. The molecular weight excluding hydrogens is 329 g/mol. The van der Waals surface area contributed by atoms with Crippen LogP contribution in [0.2, 0.25) is 5.02 Å². The number of carbonyl (C=O) groups excluding carboxylic acids is 1. The molecule has 0 unspecified atom stereocenters. The van der Waals surface area contributed by atoms with Gasteiger partial charge >= 0.3 is 0 Å². The Kier molecular flexibility index (Phi) is 5.82. The number of carbonyl (C=O) groups is 1. The number of amides is 1. The van der Waals surface area contributed by atoms with E-state index in [0.29, 0.717) is 29.3 Å². The SMILES string of the molecule is COCCN(Cc1ccc(F)cc1Cl)C(=O)c1snnc1C. The number of hydrogen-bond acceptors (Lipinski definition) is 5. The van der Waals surface area contributed by atoms with Gasteiger partial charge in [0.15, 0.2) is 0 Å². The van der Waals surface area contributed by atoms with E-state index in [1.54, 1.807) is 25.0 Å². The van der Waals surface area contributed by atoms with E-state index < -0.39 is 5.82 Å². The van der Waals surface area contributed by atoms with Crippen molar-refractivity contribution < 1.29 is 13.9 Å². The molecule has 1 heterocycles. The number of hydrogen-bond donors (Lipinski definition) is 0. The summed E-state index contributed by atoms with van der Waals surface area (Å²) in [5.41, 5.74) is 1.25. The molecule has 0 saturated heterocycles. The van der Waals surface area contributed by atoms with Crippen LogP contribution in [0.4, 0.5) is 4.39 Å². The third-order valence-corrected chi connectivity index (χ3v) is 4.24. The van der Waals surface area contributed by atoms with Crippen LogP contribution in [0.5, 0.6) is 0 Å². The molecule has 0 spiro atoms. The first-order valence-electron chi connectivity index (χ1n) is 6.54. The van der Waals surface area contributed by atoms with Gasteiger partial charge in [0, 0.05) is 25.2 Å². The van der Waals surface area contributed by atoms with Crippen LogP contribution in [-0.2, 0) is 11.3 Å². The van der Waals surface area contributed by atoms with Crippen molar-refractivity contribution in [1.29, 1.82) is 0 Å². The van der Waals surface area contributed by atoms with Gasteiger partial charge in [0.2, 0.25) is 0 Å². The van der Waals surface area contributed by atoms with Gasteiger partial charge in [-0.3, -0.25) is 4.79 Å². The van der Waals surface area contributed by atoms with E-state index in [0.717, 1.165) is 11.5 Å². The molecule has 1 amide bonds. The minimum absolute atomic E-state index is 0.190. The summed E-state index contributed by atoms with van der Waals surface area (Å²) < 4.78 is 21.9. The molecule has 0 aliphatic heterocycles. The quantitative estimate of drug-likeness (QED) is 0.809. The number of nitrogens with zero attached hydrogens (tertiary/aromatic N) is 3. The van der Waals surface area contributed by atoms with Crippen LogP contribution < -0.4 is 0 Å². The third-order valence-electron chi connectivity index (χ3n) is 3.07. The lowest BCUT2D eigenvalue weighted by Crippen LogP contribution is -2.33. The second-order valence-corrected chi connectivity index (χ2v) is 5.80. The molecule has 1 aromatic heterocycles. The number of aromatic nitrogens is 2. The first-order valence-corrected chi connectivity index (χ1v) is 7.69. The maximum atomic E-state index is 13.1. The van der Waals surface area contributed by atoms with Gasteiger partial charge in [-0.05, 0) is 36.2 Å². The van der Waals surface area contributed by atoms with Gasteiger partial charge < -0.3 is 9.64 Å². The Balaban J connectivity index is 2.22. The number of methoxy groups -OCH3 is 1. The monoisotopic (exact) mass is 343 g/mol. The zero-order valence-electron chi connectivity index (χ0n) is 12.2. The molecule has 8 heteroatoms. The summed E-state index contributed by atoms with van der Waals surface area (Å²) in [6.45, 7) is 2.77. The number of halogens is 2. The minimum atomic E-state index is -0.411. The molecule has 0 radical (unpaired) electrons. The predicted octanol–water partition coefficient (Wildman–Crippen LogP) is 2.93. The maximum Gasteiger partial charge on any atom is 0.267 e. The van der Waals surface area contributed by atoms with Crippen LogP contribution in [0.3, 0.4) is 0 Å². The maximum absolute atomic E-state index is 13.1. The van der Waals surface area contributed by atoms with Crippen LogP contribution in [-0.4, -0.2) is 40.7 Å². The molecule has 1 aromatic carbocycles. The zero-order valence-corrected chi connectivity index (χ0v) is 13.7. The third kappa shape index (κ3) is 4.00. The highest BCUT2D eigenvalue weighted by molar-refractivity contribution is 7.07. The molecular formula is C14H15ClFN3O2S. The Morgan fingerprint density at radius 2 is 2.27 bits per heavy atom. The van der Waals surface area contributed by atoms with Gasteiger partial charge in [0.25, 0.3) is 5.91 Å². The molecule has 0 bridgehead atoms. The molecule has 5 nitrogen and oxygen atoms in total. The number of ether oxygens (including phenoxy) is 1. The fourth-order valence-electron chi connectivity index (χ4n) is 1.88. The number of aryl methyl sites for hydroxylation is 1. The molecule has 0 N–H and O–H groups in total. The summed E-state index contributed by atoms with van der Waals surface area (Å²) >= 11 is 7.09. The Morgan fingerprint density at radius 3 is 2.86 bits per heavy atom. The van der Waals surface area contributed by atoms with Crippen LogP contribution in [0.25, 0.3) is 0 Å². The largest absolute Gasteiger partial charge is 0.383 e. The van der Waals surface area contributed by atoms with Gasteiger partial charge in [0.1, 0.15) is 10.7 Å². The Bertz CT molecular complexity index is 665. The van der Waals surface area contributed by atoms with Gasteiger partial charge in [-0.15, -0.1) is 5.10 Å². The average Bonchev–Trinajstić information content (AvgIpc) is 2.91. The number of benzene rings is 1. The molecule has 0 atom stereocenters. The first-order chi connectivity index (χ1) is 10.5. The van der Waals surface area contributed by atoms with Crippen LogP contribution in [0.1, 0.15) is 20.9 Å². The van der Waals surface area contributed by atoms with Crippen molar-refractivity contribution in [3.05, 3.63) is 45.2 Å². The standard InChI is InChI=1S/C14H15ClFN3O2S/c1-9-13(22-18-17-9)14(20)19(5-6-21-2)8-10-3-4-11(16)7-12(10)15/h3-4,7H,5-6,8H2,1-2H3. The van der Waals surface area contributed by atoms with Crippen LogP contribution >= 0.6 is 23.1 Å². The van der Waals surface area contributed by atoms with Crippen molar-refractivity contribution in [3.63, 3.8) is 0 Å². The van der Waals surface area contributed by atoms with Crippen LogP contribution in [0, 0.1) is 12.7 Å². The molecule has 0 aliphatic carbocycles. The van der Waals surface area contributed by atoms with E-state index in [1.807, 2.05) is 0 Å². The van der Waals surface area contributed by atoms with E-state index in [-0.39, 0.29) is 17.5 Å². The highest BCUT2D eigenvalue weighted by atomic mass is 35.5. The molecule has 0 saturated carbocycles. The van der Waals surface area contributed by atoms with E-state index in [1.165, 1.54) is 12.1 Å². The molecule has 0 fully saturated rings. The summed E-state index contributed by atoms with van der Waals surface area (Å²) in [5.74, 6) is -0.601. The van der Waals surface area contributed by atoms with Crippen molar-refractivity contribution in [2.45, 2.75) is 13.5 Å². The second kappa shape index (κ2) is 7.62. The zero-order chi connectivity index (χ0) is 16.1. The Labute approximate surface area is 136 Å². The lowest BCUT2D eigenvalue weighted by molar-refractivity contribution is 0.0684. The lowest BCUT2D eigenvalue weighted by atomic mass is 10.2. The summed E-state index contributed by atoms with van der Waals surface area (Å²) in [5, 5.41) is 4.14. The van der Waals surface area contributed by atoms with Gasteiger partial charge in [-0.2, -0.15) is 0 Å². The number of rotatable bonds is 6. The van der Waals surface area contributed by atoms with Gasteiger partial charge in [-0.1, -0.05) is 22.2 Å². The fraction of sp³-hybridized carbons (Fsp3) is 0.357. The van der Waals surface area contributed by atoms with Gasteiger partial charge in [-0.25, -0.2) is 4.39 Å². The van der Waals surface area contributed by atoms with Crippen molar-refractivity contribution in [3.8, 4) is 0 Å². The lowest BCUT2D eigenvalue weighted by Gasteiger charge is -2.22. The highest BCUT2D eigenvalue weighted by Crippen LogP contribution is 2.21. The molecule has 2 rings (SSSR count). The fourth-order valence-corrected chi connectivity index (χ4v) is 2.73. The molecule has 118 valence electrons. The van der Waals surface area contributed by atoms with Crippen LogP contribution in [0.15, 0.2) is 18.2 Å². The average molecular weight is 344 g/mol. The van der Waals surface area contributed by atoms with Gasteiger partial charge in [0.05, 0.1) is 12.3 Å². The Morgan fingerprint density at radius 1 is 1.50 bits per heavy atom. The van der Waals surface area contributed by atoms with E-state index in [9.17, 15) is 9.18 Å². The predicted molar refractivity (Wildman–Crippen MR) is 82.7 cm³/mol.